The predicted molar refractivity (Wildman–Crippen MR) is 119 cm³/mol. The number of fused-ring (bicyclic) bond motifs is 1. The van der Waals surface area contributed by atoms with Crippen LogP contribution in [0.25, 0.3) is 16.6 Å². The molecule has 0 saturated carbocycles. The topological polar surface area (TPSA) is 93.4 Å². The van der Waals surface area contributed by atoms with Gasteiger partial charge in [0.05, 0.1) is 15.6 Å². The first-order valence-corrected chi connectivity index (χ1v) is 10.5. The van der Waals surface area contributed by atoms with E-state index in [-0.39, 0.29) is 5.95 Å². The van der Waals surface area contributed by atoms with Crippen LogP contribution in [-0.4, -0.2) is 21.6 Å². The van der Waals surface area contributed by atoms with Crippen LogP contribution < -0.4 is 16.8 Å². The molecule has 0 radical (unpaired) electrons. The molecule has 0 unspecified atom stereocenters. The number of aliphatic imine (C=N–C) groups is 1. The molecule has 1 aromatic carbocycles. The van der Waals surface area contributed by atoms with Crippen molar-refractivity contribution in [3.63, 3.8) is 0 Å². The highest BCUT2D eigenvalue weighted by atomic mass is 35.5. The van der Waals surface area contributed by atoms with Gasteiger partial charge in [0.2, 0.25) is 0 Å². The van der Waals surface area contributed by atoms with Gasteiger partial charge in [0.1, 0.15) is 0 Å². The molecule has 3 aromatic rings. The fourth-order valence-electron chi connectivity index (χ4n) is 2.73. The SMILES string of the molecule is NN(N)c1nccc(-c2ccc(/C=C/C3=NCCc4c(Cl)cccc4S3)s2)n1. The molecule has 4 rings (SSSR count). The van der Waals surface area contributed by atoms with E-state index < -0.39 is 0 Å². The normalized spacial score (nSPS) is 13.9. The number of halogens is 1. The fourth-order valence-corrected chi connectivity index (χ4v) is 4.93. The zero-order valence-corrected chi connectivity index (χ0v) is 17.1. The van der Waals surface area contributed by atoms with E-state index in [1.165, 1.54) is 10.5 Å². The van der Waals surface area contributed by atoms with Gasteiger partial charge >= 0.3 is 0 Å². The monoisotopic (exact) mass is 428 g/mol. The molecule has 0 atom stereocenters. The number of hydrogen-bond donors (Lipinski definition) is 2. The lowest BCUT2D eigenvalue weighted by Crippen LogP contribution is -2.39. The highest BCUT2D eigenvalue weighted by Gasteiger charge is 2.13. The molecule has 0 fully saturated rings. The van der Waals surface area contributed by atoms with Crippen molar-refractivity contribution < 1.29 is 0 Å². The van der Waals surface area contributed by atoms with Crippen molar-refractivity contribution in [2.75, 3.05) is 11.7 Å². The molecular weight excluding hydrogens is 412 g/mol. The number of anilines is 1. The smallest absolute Gasteiger partial charge is 0.255 e. The molecule has 0 spiro atoms. The lowest BCUT2D eigenvalue weighted by molar-refractivity contribution is 0.862. The molecule has 9 heteroatoms. The Hall–Kier alpha value is -2.23. The van der Waals surface area contributed by atoms with E-state index in [9.17, 15) is 0 Å². The van der Waals surface area contributed by atoms with Crippen molar-refractivity contribution >= 4 is 51.8 Å². The lowest BCUT2D eigenvalue weighted by atomic mass is 10.1. The first-order chi connectivity index (χ1) is 13.6. The first kappa shape index (κ1) is 19.1. The lowest BCUT2D eigenvalue weighted by Gasteiger charge is -2.08. The third kappa shape index (κ3) is 4.26. The number of nitrogens with two attached hydrogens (primary N) is 2. The van der Waals surface area contributed by atoms with E-state index in [2.05, 4.69) is 27.1 Å². The Morgan fingerprint density at radius 2 is 2.00 bits per heavy atom. The van der Waals surface area contributed by atoms with E-state index in [1.54, 1.807) is 29.3 Å². The fraction of sp³-hybridized carbons (Fsp3) is 0.105. The second kappa shape index (κ2) is 8.42. The maximum Gasteiger partial charge on any atom is 0.255 e. The molecule has 28 heavy (non-hydrogen) atoms. The van der Waals surface area contributed by atoms with Crippen molar-refractivity contribution in [2.24, 2.45) is 16.7 Å². The second-order valence-electron chi connectivity index (χ2n) is 5.97. The molecule has 4 N–H and O–H groups in total. The summed E-state index contributed by atoms with van der Waals surface area (Å²) >= 11 is 9.59. The molecule has 0 aliphatic carbocycles. The van der Waals surface area contributed by atoms with Gasteiger partial charge in [0.15, 0.2) is 0 Å². The summed E-state index contributed by atoms with van der Waals surface area (Å²) in [6, 6.07) is 11.9. The Balaban J connectivity index is 1.52. The number of hydrogen-bond acceptors (Lipinski definition) is 8. The van der Waals surface area contributed by atoms with Crippen LogP contribution in [0, 0.1) is 0 Å². The molecule has 142 valence electrons. The van der Waals surface area contributed by atoms with E-state index in [4.69, 9.17) is 23.3 Å². The van der Waals surface area contributed by atoms with Gasteiger partial charge in [-0.3, -0.25) is 4.99 Å². The quantitative estimate of drug-likeness (QED) is 0.478. The summed E-state index contributed by atoms with van der Waals surface area (Å²) < 4.78 is 0. The molecule has 0 saturated heterocycles. The van der Waals surface area contributed by atoms with Gasteiger partial charge in [-0.05, 0) is 54.5 Å². The van der Waals surface area contributed by atoms with E-state index in [0.717, 1.165) is 43.6 Å². The Labute approximate surface area is 175 Å². The van der Waals surface area contributed by atoms with Crippen molar-refractivity contribution in [1.82, 2.24) is 9.97 Å². The predicted octanol–water partition coefficient (Wildman–Crippen LogP) is 4.17. The first-order valence-electron chi connectivity index (χ1n) is 8.51. The highest BCUT2D eigenvalue weighted by Crippen LogP contribution is 2.33. The van der Waals surface area contributed by atoms with Crippen molar-refractivity contribution in [3.05, 3.63) is 64.1 Å². The number of rotatable bonds is 4. The van der Waals surface area contributed by atoms with Gasteiger partial charge in [-0.1, -0.05) is 29.4 Å². The van der Waals surface area contributed by atoms with Crippen LogP contribution in [0.3, 0.4) is 0 Å². The summed E-state index contributed by atoms with van der Waals surface area (Å²) in [7, 11) is 0. The average molecular weight is 429 g/mol. The zero-order valence-electron chi connectivity index (χ0n) is 14.7. The molecule has 2 aromatic heterocycles. The molecule has 1 aliphatic rings. The summed E-state index contributed by atoms with van der Waals surface area (Å²) in [4.78, 5) is 16.4. The van der Waals surface area contributed by atoms with Crippen LogP contribution in [0.15, 0.2) is 58.6 Å². The van der Waals surface area contributed by atoms with E-state index in [0.29, 0.717) is 0 Å². The minimum absolute atomic E-state index is 0.268. The molecular formula is C19H17ClN6S2. The number of nitrogens with zero attached hydrogens (tertiary/aromatic N) is 4. The van der Waals surface area contributed by atoms with Crippen LogP contribution in [0.5, 0.6) is 0 Å². The Bertz CT molecular complexity index is 1060. The van der Waals surface area contributed by atoms with E-state index in [1.807, 2.05) is 36.4 Å². The average Bonchev–Trinajstić information content (AvgIpc) is 3.07. The number of thiophene rings is 1. The molecule has 3 heterocycles. The summed E-state index contributed by atoms with van der Waals surface area (Å²) in [6.07, 6.45) is 6.61. The third-order valence-corrected chi connectivity index (χ3v) is 6.57. The highest BCUT2D eigenvalue weighted by molar-refractivity contribution is 8.14. The third-order valence-electron chi connectivity index (χ3n) is 4.06. The Morgan fingerprint density at radius 3 is 2.86 bits per heavy atom. The number of hydrazine groups is 2. The Morgan fingerprint density at radius 1 is 1.11 bits per heavy atom. The van der Waals surface area contributed by atoms with Gasteiger partial charge in [0.25, 0.3) is 5.95 Å². The summed E-state index contributed by atoms with van der Waals surface area (Å²) in [5.74, 6) is 11.3. The van der Waals surface area contributed by atoms with Crippen LogP contribution in [0.2, 0.25) is 5.02 Å². The van der Waals surface area contributed by atoms with Crippen molar-refractivity contribution in [3.8, 4) is 10.6 Å². The second-order valence-corrected chi connectivity index (χ2v) is 8.56. The standard InChI is InChI=1S/C19H17ClN6S2/c20-14-2-1-3-16-13(14)8-10-23-18(28-16)7-5-12-4-6-17(27-12)15-9-11-24-19(25-15)26(21)22/h1-7,9,11H,8,10,21-22H2/b7-5+. The zero-order chi connectivity index (χ0) is 19.5. The van der Waals surface area contributed by atoms with Gasteiger partial charge in [-0.25, -0.2) is 26.8 Å². The minimum Gasteiger partial charge on any atom is -0.278 e. The summed E-state index contributed by atoms with van der Waals surface area (Å²) in [6.45, 7) is 0.734. The largest absolute Gasteiger partial charge is 0.278 e. The van der Waals surface area contributed by atoms with Crippen LogP contribution in [-0.2, 0) is 6.42 Å². The summed E-state index contributed by atoms with van der Waals surface area (Å²) in [5.41, 5.74) is 1.95. The summed E-state index contributed by atoms with van der Waals surface area (Å²) in [5, 5.41) is 2.69. The maximum absolute atomic E-state index is 6.32. The van der Waals surface area contributed by atoms with Crippen LogP contribution in [0.4, 0.5) is 5.95 Å². The minimum atomic E-state index is 0.268. The van der Waals surface area contributed by atoms with Gasteiger partial charge in [0, 0.05) is 27.5 Å². The van der Waals surface area contributed by atoms with Gasteiger partial charge < -0.3 is 0 Å². The van der Waals surface area contributed by atoms with Gasteiger partial charge in [-0.2, -0.15) is 0 Å². The number of aromatic nitrogens is 2. The molecule has 0 bridgehead atoms. The molecule has 0 amide bonds. The van der Waals surface area contributed by atoms with Crippen LogP contribution >= 0.6 is 34.7 Å². The van der Waals surface area contributed by atoms with Gasteiger partial charge in [-0.15, -0.1) is 11.3 Å². The molecule has 1 aliphatic heterocycles. The van der Waals surface area contributed by atoms with E-state index >= 15 is 0 Å². The maximum atomic E-state index is 6.32. The number of thioether (sulfide) groups is 1. The number of benzene rings is 1. The molecule has 6 nitrogen and oxygen atoms in total. The van der Waals surface area contributed by atoms with Crippen LogP contribution in [0.1, 0.15) is 10.4 Å². The van der Waals surface area contributed by atoms with Crippen molar-refractivity contribution in [2.45, 2.75) is 11.3 Å². The van der Waals surface area contributed by atoms with Crippen molar-refractivity contribution in [1.29, 1.82) is 0 Å². The Kier molecular flexibility index (Phi) is 5.74.